The van der Waals surface area contributed by atoms with Crippen molar-refractivity contribution in [1.29, 1.82) is 0 Å². The smallest absolute Gasteiger partial charge is 0.347 e. The van der Waals surface area contributed by atoms with Gasteiger partial charge >= 0.3 is 5.97 Å². The van der Waals surface area contributed by atoms with E-state index >= 15 is 0 Å². The molecule has 2 unspecified atom stereocenters. The van der Waals surface area contributed by atoms with E-state index in [4.69, 9.17) is 4.74 Å². The third-order valence-corrected chi connectivity index (χ3v) is 5.59. The molecule has 2 aliphatic carbocycles. The lowest BCUT2D eigenvalue weighted by molar-refractivity contribution is -0.152. The van der Waals surface area contributed by atoms with E-state index in [0.717, 1.165) is 49.7 Å². The molecular weight excluding hydrogens is 340 g/mol. The van der Waals surface area contributed by atoms with Gasteiger partial charge in [0, 0.05) is 5.92 Å². The molecule has 0 aliphatic heterocycles. The van der Waals surface area contributed by atoms with E-state index in [1.807, 2.05) is 24.3 Å². The lowest BCUT2D eigenvalue weighted by Crippen LogP contribution is -2.37. The van der Waals surface area contributed by atoms with E-state index in [-0.39, 0.29) is 5.92 Å². The van der Waals surface area contributed by atoms with E-state index in [1.165, 1.54) is 0 Å². The summed E-state index contributed by atoms with van der Waals surface area (Å²) in [6.07, 6.45) is 11.8. The lowest BCUT2D eigenvalue weighted by Gasteiger charge is -2.30. The first-order valence-electron chi connectivity index (χ1n) is 9.79. The summed E-state index contributed by atoms with van der Waals surface area (Å²) in [5, 5.41) is 9.27. The molecule has 2 aliphatic rings. The number of carboxylic acid groups (broad SMARTS) is 1. The number of aliphatic carboxylic acids is 1. The third kappa shape index (κ3) is 4.68. The number of carbonyl (C=O) groups excluding carboxylic acids is 1. The average Bonchev–Trinajstić information content (AvgIpc) is 2.68. The topological polar surface area (TPSA) is 63.6 Å². The Morgan fingerprint density at radius 2 is 2.04 bits per heavy atom. The first-order chi connectivity index (χ1) is 12.9. The van der Waals surface area contributed by atoms with Crippen molar-refractivity contribution in [2.75, 3.05) is 0 Å². The maximum Gasteiger partial charge on any atom is 0.347 e. The van der Waals surface area contributed by atoms with Crippen LogP contribution >= 0.6 is 0 Å². The Balaban J connectivity index is 1.72. The van der Waals surface area contributed by atoms with Gasteiger partial charge in [-0.25, -0.2) is 4.79 Å². The van der Waals surface area contributed by atoms with Crippen LogP contribution in [0.5, 0.6) is 5.75 Å². The highest BCUT2D eigenvalue weighted by Crippen LogP contribution is 2.39. The van der Waals surface area contributed by atoms with Crippen LogP contribution in [0.3, 0.4) is 0 Å². The van der Waals surface area contributed by atoms with Crippen molar-refractivity contribution in [3.63, 3.8) is 0 Å². The molecule has 1 aromatic carbocycles. The van der Waals surface area contributed by atoms with Gasteiger partial charge in [-0.1, -0.05) is 36.8 Å². The van der Waals surface area contributed by atoms with Gasteiger partial charge in [0.25, 0.3) is 0 Å². The maximum absolute atomic E-state index is 12.9. The highest BCUT2D eigenvalue weighted by Gasteiger charge is 2.31. The summed E-state index contributed by atoms with van der Waals surface area (Å²) < 4.78 is 5.68. The molecule has 0 heterocycles. The number of ketones is 1. The molecule has 0 spiro atoms. The fraction of sp³-hybridized carbons (Fsp3) is 0.478. The van der Waals surface area contributed by atoms with Crippen molar-refractivity contribution in [2.24, 2.45) is 5.92 Å². The Kier molecular flexibility index (Phi) is 5.83. The normalized spacial score (nSPS) is 22.8. The molecule has 1 fully saturated rings. The van der Waals surface area contributed by atoms with Crippen molar-refractivity contribution >= 4 is 11.8 Å². The minimum absolute atomic E-state index is 0.0848. The molecule has 3 rings (SSSR count). The van der Waals surface area contributed by atoms with Gasteiger partial charge in [0.05, 0.1) is 0 Å². The predicted molar refractivity (Wildman–Crippen MR) is 105 cm³/mol. The first kappa shape index (κ1) is 19.4. The SMILES string of the molecule is CC(C)(Oc1cccc(C2CCCC(C(=O)C3=CC=CCC3)C2)c1)C(=O)O. The number of allylic oxidation sites excluding steroid dienone is 4. The van der Waals surface area contributed by atoms with Crippen LogP contribution in [0, 0.1) is 5.92 Å². The Labute approximate surface area is 160 Å². The maximum atomic E-state index is 12.9. The first-order valence-corrected chi connectivity index (χ1v) is 9.79. The van der Waals surface area contributed by atoms with Crippen LogP contribution in [0.1, 0.15) is 63.9 Å². The molecule has 0 aromatic heterocycles. The summed E-state index contributed by atoms with van der Waals surface area (Å²) >= 11 is 0. The highest BCUT2D eigenvalue weighted by atomic mass is 16.5. The van der Waals surface area contributed by atoms with Crippen LogP contribution in [-0.4, -0.2) is 22.5 Å². The number of carbonyl (C=O) groups is 2. The van der Waals surface area contributed by atoms with Crippen LogP contribution in [0.4, 0.5) is 0 Å². The van der Waals surface area contributed by atoms with Crippen LogP contribution in [0.2, 0.25) is 0 Å². The standard InChI is InChI=1S/C23H28O4/c1-23(2,22(25)26)27-20-13-7-11-18(15-20)17-10-6-12-19(14-17)21(24)16-8-4-3-5-9-16/h3-4,7-8,11,13,15,17,19H,5-6,9-10,12,14H2,1-2H3,(H,25,26). The van der Waals surface area contributed by atoms with Gasteiger partial charge in [0.1, 0.15) is 5.75 Å². The third-order valence-electron chi connectivity index (χ3n) is 5.59. The summed E-state index contributed by atoms with van der Waals surface area (Å²) in [6, 6.07) is 7.69. The minimum atomic E-state index is -1.27. The molecule has 144 valence electrons. The minimum Gasteiger partial charge on any atom is -0.478 e. The molecular formula is C23H28O4. The Morgan fingerprint density at radius 3 is 2.74 bits per heavy atom. The molecule has 0 amide bonds. The number of Topliss-reactive ketones (excluding diaryl/α,β-unsaturated/α-hetero) is 1. The molecule has 0 radical (unpaired) electrons. The quantitative estimate of drug-likeness (QED) is 0.763. The molecule has 0 bridgehead atoms. The summed E-state index contributed by atoms with van der Waals surface area (Å²) in [6.45, 7) is 3.09. The van der Waals surface area contributed by atoms with Crippen molar-refractivity contribution in [3.05, 3.63) is 53.6 Å². The summed E-state index contributed by atoms with van der Waals surface area (Å²) in [5.41, 5.74) is 0.817. The highest BCUT2D eigenvalue weighted by molar-refractivity contribution is 5.97. The Hall–Kier alpha value is -2.36. The van der Waals surface area contributed by atoms with Gasteiger partial charge in [0.2, 0.25) is 0 Å². The van der Waals surface area contributed by atoms with Gasteiger partial charge in [-0.15, -0.1) is 0 Å². The Bertz CT molecular complexity index is 772. The molecule has 1 N–H and O–H groups in total. The second-order valence-corrected chi connectivity index (χ2v) is 8.07. The summed E-state index contributed by atoms with van der Waals surface area (Å²) in [7, 11) is 0. The van der Waals surface area contributed by atoms with Gasteiger partial charge < -0.3 is 9.84 Å². The fourth-order valence-electron chi connectivity index (χ4n) is 3.97. The van der Waals surface area contributed by atoms with Crippen molar-refractivity contribution in [1.82, 2.24) is 0 Å². The van der Waals surface area contributed by atoms with Crippen molar-refractivity contribution in [3.8, 4) is 5.75 Å². The number of hydrogen-bond acceptors (Lipinski definition) is 3. The second kappa shape index (κ2) is 8.12. The van der Waals surface area contributed by atoms with Crippen LogP contribution in [-0.2, 0) is 9.59 Å². The summed E-state index contributed by atoms with van der Waals surface area (Å²) in [4.78, 5) is 24.2. The zero-order valence-corrected chi connectivity index (χ0v) is 16.1. The monoisotopic (exact) mass is 368 g/mol. The van der Waals surface area contributed by atoms with Gasteiger partial charge in [-0.05, 0) is 75.1 Å². The molecule has 4 heteroatoms. The fourth-order valence-corrected chi connectivity index (χ4v) is 3.97. The Morgan fingerprint density at radius 1 is 1.22 bits per heavy atom. The van der Waals surface area contributed by atoms with E-state index in [0.29, 0.717) is 17.5 Å². The number of carboxylic acids is 1. The van der Waals surface area contributed by atoms with Gasteiger partial charge in [-0.2, -0.15) is 0 Å². The van der Waals surface area contributed by atoms with Crippen LogP contribution in [0.15, 0.2) is 48.1 Å². The molecule has 1 aromatic rings. The lowest BCUT2D eigenvalue weighted by atomic mass is 9.74. The van der Waals surface area contributed by atoms with Crippen LogP contribution < -0.4 is 4.74 Å². The molecule has 0 saturated heterocycles. The largest absolute Gasteiger partial charge is 0.478 e. The number of rotatable bonds is 6. The molecule has 1 saturated carbocycles. The zero-order chi connectivity index (χ0) is 19.4. The molecule has 27 heavy (non-hydrogen) atoms. The van der Waals surface area contributed by atoms with Crippen molar-refractivity contribution in [2.45, 2.75) is 63.9 Å². The average molecular weight is 368 g/mol. The second-order valence-electron chi connectivity index (χ2n) is 8.07. The number of benzene rings is 1. The van der Waals surface area contributed by atoms with E-state index in [9.17, 15) is 14.7 Å². The van der Waals surface area contributed by atoms with Crippen LogP contribution in [0.25, 0.3) is 0 Å². The van der Waals surface area contributed by atoms with E-state index < -0.39 is 11.6 Å². The zero-order valence-electron chi connectivity index (χ0n) is 16.1. The van der Waals surface area contributed by atoms with Gasteiger partial charge in [-0.3, -0.25) is 4.79 Å². The van der Waals surface area contributed by atoms with E-state index in [1.54, 1.807) is 19.9 Å². The predicted octanol–water partition coefficient (Wildman–Crippen LogP) is 5.05. The molecule has 2 atom stereocenters. The molecule has 4 nitrogen and oxygen atoms in total. The van der Waals surface area contributed by atoms with Crippen molar-refractivity contribution < 1.29 is 19.4 Å². The van der Waals surface area contributed by atoms with Gasteiger partial charge in [0.15, 0.2) is 11.4 Å². The number of ether oxygens (including phenoxy) is 1. The number of hydrogen-bond donors (Lipinski definition) is 1. The van der Waals surface area contributed by atoms with E-state index in [2.05, 4.69) is 12.1 Å². The summed E-state index contributed by atoms with van der Waals surface area (Å²) in [5.74, 6) is 0.272.